The molecule has 5 nitrogen and oxygen atoms in total. The van der Waals surface area contributed by atoms with Crippen molar-refractivity contribution in [2.45, 2.75) is 32.9 Å². The normalized spacial score (nSPS) is 14.5. The third kappa shape index (κ3) is 4.33. The topological polar surface area (TPSA) is 72.9 Å². The average molecular weight is 337 g/mol. The van der Waals surface area contributed by atoms with Gasteiger partial charge in [-0.15, -0.1) is 12.4 Å². The van der Waals surface area contributed by atoms with E-state index in [2.05, 4.69) is 10.4 Å². The molecule has 2 aromatic rings. The third-order valence-corrected chi connectivity index (χ3v) is 4.24. The second-order valence-electron chi connectivity index (χ2n) is 5.76. The van der Waals surface area contributed by atoms with E-state index in [-0.39, 0.29) is 36.3 Å². The van der Waals surface area contributed by atoms with E-state index in [1.54, 1.807) is 10.9 Å². The Bertz CT molecular complexity index is 641. The summed E-state index contributed by atoms with van der Waals surface area (Å²) in [6.07, 6.45) is 1.79. The zero-order valence-corrected chi connectivity index (χ0v) is 14.8. The predicted molar refractivity (Wildman–Crippen MR) is 94.3 cm³/mol. The summed E-state index contributed by atoms with van der Waals surface area (Å²) in [5.41, 5.74) is 9.25. The average Bonchev–Trinajstić information content (AvgIpc) is 2.86. The molecular weight excluding hydrogens is 312 g/mol. The molecule has 1 amide bonds. The number of nitrogens with zero attached hydrogens (tertiary/aromatic N) is 2. The molecule has 126 valence electrons. The smallest absolute Gasteiger partial charge is 0.225 e. The fourth-order valence-corrected chi connectivity index (χ4v) is 2.49. The molecule has 0 aliphatic rings. The van der Waals surface area contributed by atoms with E-state index < -0.39 is 0 Å². The molecule has 1 aromatic heterocycles. The first kappa shape index (κ1) is 19.2. The molecule has 2 rings (SSSR count). The fourth-order valence-electron chi connectivity index (χ4n) is 2.49. The number of hydrogen-bond acceptors (Lipinski definition) is 3. The van der Waals surface area contributed by atoms with Gasteiger partial charge in [0, 0.05) is 24.3 Å². The van der Waals surface area contributed by atoms with E-state index in [4.69, 9.17) is 5.73 Å². The second-order valence-corrected chi connectivity index (χ2v) is 5.76. The lowest BCUT2D eigenvalue weighted by atomic mass is 9.94. The number of rotatable bonds is 5. The summed E-state index contributed by atoms with van der Waals surface area (Å²) >= 11 is 0. The molecule has 0 saturated heterocycles. The molecule has 0 fully saturated rings. The van der Waals surface area contributed by atoms with Gasteiger partial charge < -0.3 is 11.1 Å². The Morgan fingerprint density at radius 1 is 1.26 bits per heavy atom. The minimum atomic E-state index is -0.316. The van der Waals surface area contributed by atoms with Crippen LogP contribution in [0.15, 0.2) is 36.5 Å². The summed E-state index contributed by atoms with van der Waals surface area (Å²) in [4.78, 5) is 12.4. The molecule has 3 unspecified atom stereocenters. The maximum Gasteiger partial charge on any atom is 0.225 e. The maximum absolute atomic E-state index is 12.4. The van der Waals surface area contributed by atoms with Crippen LogP contribution >= 0.6 is 12.4 Å². The van der Waals surface area contributed by atoms with Crippen LogP contribution in [0.3, 0.4) is 0 Å². The van der Waals surface area contributed by atoms with Crippen LogP contribution in [0.25, 0.3) is 0 Å². The van der Waals surface area contributed by atoms with Gasteiger partial charge in [0.25, 0.3) is 0 Å². The number of aryl methyl sites for hydroxylation is 1. The van der Waals surface area contributed by atoms with E-state index in [9.17, 15) is 4.79 Å². The van der Waals surface area contributed by atoms with Gasteiger partial charge in [-0.3, -0.25) is 9.48 Å². The highest BCUT2D eigenvalue weighted by molar-refractivity contribution is 5.85. The van der Waals surface area contributed by atoms with Crippen molar-refractivity contribution in [2.24, 2.45) is 18.7 Å². The van der Waals surface area contributed by atoms with E-state index in [0.717, 1.165) is 16.8 Å². The van der Waals surface area contributed by atoms with Crippen LogP contribution in [-0.4, -0.2) is 15.7 Å². The van der Waals surface area contributed by atoms with Crippen molar-refractivity contribution in [3.63, 3.8) is 0 Å². The van der Waals surface area contributed by atoms with Crippen LogP contribution in [0.5, 0.6) is 0 Å². The number of nitrogens with one attached hydrogen (secondary N) is 1. The lowest BCUT2D eigenvalue weighted by Gasteiger charge is -2.22. The molecule has 3 N–H and O–H groups in total. The Labute approximate surface area is 143 Å². The Hall–Kier alpha value is -1.85. The Kier molecular flexibility index (Phi) is 6.79. The van der Waals surface area contributed by atoms with Gasteiger partial charge in [-0.05, 0) is 19.4 Å². The summed E-state index contributed by atoms with van der Waals surface area (Å²) in [6.45, 7) is 5.81. The van der Waals surface area contributed by atoms with Crippen molar-refractivity contribution in [1.82, 2.24) is 15.1 Å². The number of halogens is 1. The van der Waals surface area contributed by atoms with Crippen molar-refractivity contribution >= 4 is 18.3 Å². The van der Waals surface area contributed by atoms with E-state index in [1.165, 1.54) is 0 Å². The molecule has 1 aromatic carbocycles. The van der Waals surface area contributed by atoms with Crippen molar-refractivity contribution < 1.29 is 4.79 Å². The maximum atomic E-state index is 12.4. The van der Waals surface area contributed by atoms with Crippen LogP contribution in [-0.2, 0) is 11.8 Å². The highest BCUT2D eigenvalue weighted by Gasteiger charge is 2.24. The van der Waals surface area contributed by atoms with Crippen LogP contribution in [0.1, 0.15) is 42.8 Å². The van der Waals surface area contributed by atoms with Gasteiger partial charge in [0.15, 0.2) is 0 Å². The van der Waals surface area contributed by atoms with Gasteiger partial charge in [-0.2, -0.15) is 5.10 Å². The molecule has 0 bridgehead atoms. The van der Waals surface area contributed by atoms with E-state index >= 15 is 0 Å². The summed E-state index contributed by atoms with van der Waals surface area (Å²) < 4.78 is 1.80. The number of nitrogens with two attached hydrogens (primary N) is 1. The number of carbonyl (C=O) groups is 1. The molecule has 3 atom stereocenters. The van der Waals surface area contributed by atoms with Gasteiger partial charge in [0.1, 0.15) is 0 Å². The molecule has 0 spiro atoms. The van der Waals surface area contributed by atoms with Crippen LogP contribution in [0.2, 0.25) is 0 Å². The summed E-state index contributed by atoms with van der Waals surface area (Å²) in [5, 5.41) is 7.24. The van der Waals surface area contributed by atoms with Crippen molar-refractivity contribution in [3.05, 3.63) is 53.3 Å². The first-order valence-corrected chi connectivity index (χ1v) is 7.51. The Balaban J connectivity index is 0.00000264. The minimum absolute atomic E-state index is 0. The van der Waals surface area contributed by atoms with E-state index in [1.807, 2.05) is 58.2 Å². The molecule has 0 saturated carbocycles. The lowest BCUT2D eigenvalue weighted by Crippen LogP contribution is -2.37. The lowest BCUT2D eigenvalue weighted by molar-refractivity contribution is -0.125. The van der Waals surface area contributed by atoms with Crippen LogP contribution in [0, 0.1) is 12.8 Å². The Morgan fingerprint density at radius 2 is 1.87 bits per heavy atom. The molecule has 0 aliphatic carbocycles. The zero-order chi connectivity index (χ0) is 16.3. The number of carbonyl (C=O) groups excluding carboxylic acids is 1. The largest absolute Gasteiger partial charge is 0.349 e. The number of aromatic nitrogens is 2. The molecule has 0 aliphatic heterocycles. The van der Waals surface area contributed by atoms with Gasteiger partial charge in [-0.25, -0.2) is 0 Å². The van der Waals surface area contributed by atoms with Gasteiger partial charge in [0.05, 0.1) is 18.2 Å². The first-order chi connectivity index (χ1) is 10.4. The first-order valence-electron chi connectivity index (χ1n) is 7.51. The highest BCUT2D eigenvalue weighted by Crippen LogP contribution is 2.21. The molecule has 1 heterocycles. The standard InChI is InChI=1S/C17H24N4O.ClH/c1-11(16(18)14-8-6-5-7-9-14)17(22)20-12(2)15-10-19-21(4)13(15)3;/h5-12,16H,18H2,1-4H3,(H,20,22);1H. The quantitative estimate of drug-likeness (QED) is 0.881. The minimum Gasteiger partial charge on any atom is -0.349 e. The number of amides is 1. The number of benzene rings is 1. The summed E-state index contributed by atoms with van der Waals surface area (Å²) in [7, 11) is 1.89. The summed E-state index contributed by atoms with van der Waals surface area (Å²) in [5.74, 6) is -0.353. The SMILES string of the molecule is Cc1c(C(C)NC(=O)C(C)C(N)c2ccccc2)cnn1C.Cl. The highest BCUT2D eigenvalue weighted by atomic mass is 35.5. The van der Waals surface area contributed by atoms with E-state index in [0.29, 0.717) is 0 Å². The second kappa shape index (κ2) is 8.13. The Morgan fingerprint density at radius 3 is 2.39 bits per heavy atom. The van der Waals surface area contributed by atoms with Crippen molar-refractivity contribution in [1.29, 1.82) is 0 Å². The zero-order valence-electron chi connectivity index (χ0n) is 14.0. The molecule has 0 radical (unpaired) electrons. The van der Waals surface area contributed by atoms with Gasteiger partial charge >= 0.3 is 0 Å². The van der Waals surface area contributed by atoms with Gasteiger partial charge in [-0.1, -0.05) is 37.3 Å². The summed E-state index contributed by atoms with van der Waals surface area (Å²) in [6, 6.07) is 9.29. The fraction of sp³-hybridized carbons (Fsp3) is 0.412. The third-order valence-electron chi connectivity index (χ3n) is 4.24. The van der Waals surface area contributed by atoms with Crippen LogP contribution < -0.4 is 11.1 Å². The van der Waals surface area contributed by atoms with Crippen LogP contribution in [0.4, 0.5) is 0 Å². The van der Waals surface area contributed by atoms with Crippen molar-refractivity contribution in [2.75, 3.05) is 0 Å². The molecule has 23 heavy (non-hydrogen) atoms. The monoisotopic (exact) mass is 336 g/mol. The molecule has 6 heteroatoms. The predicted octanol–water partition coefficient (Wildman–Crippen LogP) is 2.66. The number of hydrogen-bond donors (Lipinski definition) is 2. The molecular formula is C17H25ClN4O. The van der Waals surface area contributed by atoms with Crippen molar-refractivity contribution in [3.8, 4) is 0 Å². The van der Waals surface area contributed by atoms with Gasteiger partial charge in [0.2, 0.25) is 5.91 Å².